The molecule has 1 aromatic carbocycles. The van der Waals surface area contributed by atoms with E-state index in [1.165, 1.54) is 6.20 Å². The van der Waals surface area contributed by atoms with Gasteiger partial charge in [0, 0.05) is 5.39 Å². The van der Waals surface area contributed by atoms with Gasteiger partial charge in [0.1, 0.15) is 5.69 Å². The van der Waals surface area contributed by atoms with Crippen LogP contribution in [0.3, 0.4) is 0 Å². The summed E-state index contributed by atoms with van der Waals surface area (Å²) in [5.74, 6) is -0.0631. The zero-order valence-electron chi connectivity index (χ0n) is 8.38. The Kier molecular flexibility index (Phi) is 2.42. The molecule has 0 fully saturated rings. The lowest BCUT2D eigenvalue weighted by atomic mass is 10.2. The molecule has 4 nitrogen and oxygen atoms in total. The summed E-state index contributed by atoms with van der Waals surface area (Å²) in [4.78, 5) is 12.0. The van der Waals surface area contributed by atoms with Crippen LogP contribution in [0.25, 0.3) is 11.0 Å². The number of para-hydroxylation sites is 1. The van der Waals surface area contributed by atoms with Gasteiger partial charge in [-0.2, -0.15) is 8.75 Å². The molecule has 0 saturated heterocycles. The monoisotopic (exact) mass is 264 g/mol. The highest BCUT2D eigenvalue weighted by Crippen LogP contribution is 2.27. The third-order valence-electron chi connectivity index (χ3n) is 2.31. The molecule has 0 amide bonds. The van der Waals surface area contributed by atoms with Crippen LogP contribution in [0.15, 0.2) is 34.9 Å². The number of halogens is 1. The minimum atomic E-state index is -0.286. The summed E-state index contributed by atoms with van der Waals surface area (Å²) >= 11 is 6.95. The summed E-state index contributed by atoms with van der Waals surface area (Å²) in [6.45, 7) is 0. The van der Waals surface area contributed by atoms with E-state index in [4.69, 9.17) is 16.0 Å². The van der Waals surface area contributed by atoms with Crippen LogP contribution in [0.1, 0.15) is 16.2 Å². The lowest BCUT2D eigenvalue weighted by molar-refractivity contribution is 0.101. The third kappa shape index (κ3) is 1.73. The molecule has 0 radical (unpaired) electrons. The topological polar surface area (TPSA) is 56.0 Å². The van der Waals surface area contributed by atoms with Gasteiger partial charge >= 0.3 is 0 Å². The van der Waals surface area contributed by atoms with Crippen LogP contribution in [0.2, 0.25) is 5.02 Å². The predicted octanol–water partition coefficient (Wildman–Crippen LogP) is 3.17. The summed E-state index contributed by atoms with van der Waals surface area (Å²) in [5.41, 5.74) is 0.797. The van der Waals surface area contributed by atoms with Gasteiger partial charge in [-0.25, -0.2) is 0 Å². The maximum atomic E-state index is 12.0. The Morgan fingerprint density at radius 3 is 3.00 bits per heavy atom. The normalized spacial score (nSPS) is 10.9. The molecule has 0 spiro atoms. The molecule has 17 heavy (non-hydrogen) atoms. The van der Waals surface area contributed by atoms with Crippen LogP contribution in [-0.4, -0.2) is 14.5 Å². The highest BCUT2D eigenvalue weighted by Gasteiger charge is 2.17. The van der Waals surface area contributed by atoms with E-state index in [1.54, 1.807) is 18.2 Å². The molecule has 0 atom stereocenters. The zero-order valence-corrected chi connectivity index (χ0v) is 9.96. The van der Waals surface area contributed by atoms with Gasteiger partial charge in [0.25, 0.3) is 0 Å². The van der Waals surface area contributed by atoms with Crippen molar-refractivity contribution in [2.24, 2.45) is 0 Å². The fraction of sp³-hybridized carbons (Fsp3) is 0. The van der Waals surface area contributed by atoms with E-state index in [0.717, 1.165) is 17.1 Å². The van der Waals surface area contributed by atoms with E-state index in [0.29, 0.717) is 10.6 Å². The maximum Gasteiger partial charge on any atom is 0.249 e. The molecule has 6 heteroatoms. The van der Waals surface area contributed by atoms with Gasteiger partial charge in [0.2, 0.25) is 5.78 Å². The van der Waals surface area contributed by atoms with Crippen LogP contribution < -0.4 is 0 Å². The Morgan fingerprint density at radius 2 is 2.29 bits per heavy atom. The molecule has 0 unspecified atom stereocenters. The highest BCUT2D eigenvalue weighted by atomic mass is 35.5. The molecule has 0 saturated carbocycles. The van der Waals surface area contributed by atoms with Crippen LogP contribution >= 0.6 is 23.3 Å². The number of ketones is 1. The first-order valence-electron chi connectivity index (χ1n) is 4.76. The molecule has 0 aliphatic heterocycles. The Bertz CT molecular complexity index is 691. The van der Waals surface area contributed by atoms with Crippen molar-refractivity contribution in [3.05, 3.63) is 46.9 Å². The van der Waals surface area contributed by atoms with Gasteiger partial charge in [-0.3, -0.25) is 4.79 Å². The Labute approximate surface area is 105 Å². The first-order valence-corrected chi connectivity index (χ1v) is 5.87. The highest BCUT2D eigenvalue weighted by molar-refractivity contribution is 6.99. The number of nitrogens with zero attached hydrogens (tertiary/aromatic N) is 2. The molecule has 2 heterocycles. The third-order valence-corrected chi connectivity index (χ3v) is 3.09. The smallest absolute Gasteiger partial charge is 0.249 e. The molecule has 2 aromatic heterocycles. The fourth-order valence-corrected chi connectivity index (χ4v) is 2.16. The number of hydrogen-bond acceptors (Lipinski definition) is 5. The second-order valence-corrected chi connectivity index (χ2v) is 4.35. The van der Waals surface area contributed by atoms with Crippen LogP contribution in [-0.2, 0) is 0 Å². The Hall–Kier alpha value is -1.72. The van der Waals surface area contributed by atoms with Crippen molar-refractivity contribution in [1.29, 1.82) is 0 Å². The minimum absolute atomic E-state index is 0.223. The first-order chi connectivity index (χ1) is 8.25. The van der Waals surface area contributed by atoms with E-state index in [2.05, 4.69) is 8.75 Å². The minimum Gasteiger partial charge on any atom is -0.451 e. The molecule has 0 aliphatic carbocycles. The number of benzene rings is 1. The number of rotatable bonds is 2. The molecule has 3 aromatic rings. The van der Waals surface area contributed by atoms with Gasteiger partial charge in [-0.1, -0.05) is 23.7 Å². The van der Waals surface area contributed by atoms with Crippen molar-refractivity contribution in [3.63, 3.8) is 0 Å². The standard InChI is InChI=1S/C11H5ClN2O2S/c12-7-3-1-2-6-4-9(16-11(6)7)10(15)8-5-13-17-14-8/h1-5H. The second kappa shape index (κ2) is 3.94. The average Bonchev–Trinajstić information content (AvgIpc) is 2.98. The number of hydrogen-bond donors (Lipinski definition) is 0. The number of carbonyl (C=O) groups excluding carboxylic acids is 1. The number of carbonyl (C=O) groups is 1. The first kappa shape index (κ1) is 10.4. The van der Waals surface area contributed by atoms with Crippen LogP contribution in [0, 0.1) is 0 Å². The summed E-state index contributed by atoms with van der Waals surface area (Å²) in [7, 11) is 0. The molecule has 0 bridgehead atoms. The summed E-state index contributed by atoms with van der Waals surface area (Å²) < 4.78 is 13.1. The molecular formula is C11H5ClN2O2S. The molecule has 0 aliphatic rings. The van der Waals surface area contributed by atoms with Crippen molar-refractivity contribution in [2.45, 2.75) is 0 Å². The predicted molar refractivity (Wildman–Crippen MR) is 64.6 cm³/mol. The van der Waals surface area contributed by atoms with Gasteiger partial charge in [-0.05, 0) is 12.1 Å². The summed E-state index contributed by atoms with van der Waals surface area (Å²) in [6, 6.07) is 7.01. The van der Waals surface area contributed by atoms with Crippen molar-refractivity contribution >= 4 is 40.1 Å². The van der Waals surface area contributed by atoms with Crippen LogP contribution in [0.4, 0.5) is 0 Å². The Balaban J connectivity index is 2.13. The largest absolute Gasteiger partial charge is 0.451 e. The quantitative estimate of drug-likeness (QED) is 0.667. The van der Waals surface area contributed by atoms with E-state index in [9.17, 15) is 4.79 Å². The van der Waals surface area contributed by atoms with Gasteiger partial charge in [-0.15, -0.1) is 0 Å². The number of fused-ring (bicyclic) bond motifs is 1. The summed E-state index contributed by atoms with van der Waals surface area (Å²) in [5, 5.41) is 1.28. The van der Waals surface area contributed by atoms with E-state index in [-0.39, 0.29) is 17.2 Å². The molecule has 0 N–H and O–H groups in total. The van der Waals surface area contributed by atoms with Gasteiger partial charge in [0.05, 0.1) is 22.9 Å². The lowest BCUT2D eigenvalue weighted by Crippen LogP contribution is -1.98. The lowest BCUT2D eigenvalue weighted by Gasteiger charge is -1.90. The van der Waals surface area contributed by atoms with Crippen LogP contribution in [0.5, 0.6) is 0 Å². The molecular weight excluding hydrogens is 260 g/mol. The second-order valence-electron chi connectivity index (χ2n) is 3.39. The van der Waals surface area contributed by atoms with Gasteiger partial charge < -0.3 is 4.42 Å². The van der Waals surface area contributed by atoms with E-state index in [1.807, 2.05) is 6.07 Å². The zero-order chi connectivity index (χ0) is 11.8. The molecule has 84 valence electrons. The summed E-state index contributed by atoms with van der Waals surface area (Å²) in [6.07, 6.45) is 1.42. The van der Waals surface area contributed by atoms with E-state index >= 15 is 0 Å². The van der Waals surface area contributed by atoms with Gasteiger partial charge in [0.15, 0.2) is 11.3 Å². The van der Waals surface area contributed by atoms with Crippen molar-refractivity contribution in [1.82, 2.24) is 8.75 Å². The number of aromatic nitrogens is 2. The number of furan rings is 1. The van der Waals surface area contributed by atoms with Crippen molar-refractivity contribution in [3.8, 4) is 0 Å². The van der Waals surface area contributed by atoms with E-state index < -0.39 is 0 Å². The Morgan fingerprint density at radius 1 is 1.41 bits per heavy atom. The average molecular weight is 265 g/mol. The molecule has 3 rings (SSSR count). The van der Waals surface area contributed by atoms with Crippen molar-refractivity contribution < 1.29 is 9.21 Å². The van der Waals surface area contributed by atoms with Crippen molar-refractivity contribution in [2.75, 3.05) is 0 Å². The fourth-order valence-electron chi connectivity index (χ4n) is 1.53. The SMILES string of the molecule is O=C(c1cnsn1)c1cc2cccc(Cl)c2o1. The maximum absolute atomic E-state index is 12.0.